The minimum atomic E-state index is -3.18. The molecule has 0 bridgehead atoms. The lowest BCUT2D eigenvalue weighted by molar-refractivity contribution is 0.103. The van der Waals surface area contributed by atoms with Gasteiger partial charge in [0.2, 0.25) is 0 Å². The molecule has 1 unspecified atom stereocenters. The normalized spacial score (nSPS) is 12.2. The van der Waals surface area contributed by atoms with E-state index in [1.807, 2.05) is 0 Å². The van der Waals surface area contributed by atoms with Crippen LogP contribution in [0.25, 0.3) is 0 Å². The van der Waals surface area contributed by atoms with Gasteiger partial charge in [-0.1, -0.05) is 0 Å². The molecule has 0 saturated heterocycles. The van der Waals surface area contributed by atoms with Crippen molar-refractivity contribution < 1.29 is 23.5 Å². The Kier molecular flexibility index (Phi) is 4.09. The smallest absolute Gasteiger partial charge is 0.434 e. The molecule has 0 saturated carbocycles. The van der Waals surface area contributed by atoms with Crippen molar-refractivity contribution in [2.24, 2.45) is 0 Å². The van der Waals surface area contributed by atoms with Crippen LogP contribution in [0.1, 0.15) is 6.92 Å². The third kappa shape index (κ3) is 5.33. The number of hydrogen-bond donors (Lipinski definition) is 1. The molecule has 1 atom stereocenters. The molecular formula is C3H7O5P. The Labute approximate surface area is 52.5 Å². The zero-order valence-electron chi connectivity index (χ0n) is 4.79. The van der Waals surface area contributed by atoms with Gasteiger partial charge in [0.05, 0.1) is 6.61 Å². The Balaban J connectivity index is 3.39. The van der Waals surface area contributed by atoms with E-state index in [4.69, 9.17) is 4.89 Å². The summed E-state index contributed by atoms with van der Waals surface area (Å²) in [5.41, 5.74) is 0. The Morgan fingerprint density at radius 3 is 2.67 bits per heavy atom. The maximum absolute atomic E-state index is 10.1. The first-order valence-corrected chi connectivity index (χ1v) is 3.50. The van der Waals surface area contributed by atoms with Crippen molar-refractivity contribution in [2.45, 2.75) is 6.92 Å². The topological polar surface area (TPSA) is 72.8 Å². The Morgan fingerprint density at radius 1 is 1.78 bits per heavy atom. The highest BCUT2D eigenvalue weighted by atomic mass is 31.1. The maximum atomic E-state index is 10.1. The van der Waals surface area contributed by atoms with Gasteiger partial charge in [-0.2, -0.15) is 0 Å². The molecule has 1 N–H and O–H groups in total. The van der Waals surface area contributed by atoms with Gasteiger partial charge in [0, 0.05) is 0 Å². The number of carbonyl (C=O) groups is 1. The van der Waals surface area contributed by atoms with Crippen molar-refractivity contribution >= 4 is 14.4 Å². The highest BCUT2D eigenvalue weighted by molar-refractivity contribution is 7.32. The van der Waals surface area contributed by atoms with Crippen LogP contribution in [-0.2, 0) is 13.8 Å². The largest absolute Gasteiger partial charge is 0.514 e. The van der Waals surface area contributed by atoms with E-state index < -0.39 is 14.4 Å². The summed E-state index contributed by atoms with van der Waals surface area (Å²) in [5, 5.41) is 0. The highest BCUT2D eigenvalue weighted by Gasteiger charge is 2.03. The molecule has 0 aromatic rings. The van der Waals surface area contributed by atoms with Crippen LogP contribution in [0.5, 0.6) is 0 Å². The van der Waals surface area contributed by atoms with Crippen LogP contribution in [-0.4, -0.2) is 17.7 Å². The maximum Gasteiger partial charge on any atom is 0.514 e. The first-order chi connectivity index (χ1) is 4.16. The van der Waals surface area contributed by atoms with Gasteiger partial charge in [-0.15, -0.1) is 0 Å². The average molecular weight is 154 g/mol. The SMILES string of the molecule is CCOC(=O)O[PH](=O)O. The monoisotopic (exact) mass is 154 g/mol. The summed E-state index contributed by atoms with van der Waals surface area (Å²) < 4.78 is 17.6. The van der Waals surface area contributed by atoms with Gasteiger partial charge in [0.1, 0.15) is 0 Å². The van der Waals surface area contributed by atoms with Crippen molar-refractivity contribution in [3.63, 3.8) is 0 Å². The first-order valence-electron chi connectivity index (χ1n) is 2.24. The molecule has 0 radical (unpaired) electrons. The lowest BCUT2D eigenvalue weighted by Crippen LogP contribution is -2.01. The quantitative estimate of drug-likeness (QED) is 0.464. The van der Waals surface area contributed by atoms with E-state index in [0.717, 1.165) is 0 Å². The van der Waals surface area contributed by atoms with E-state index in [1.165, 1.54) is 0 Å². The van der Waals surface area contributed by atoms with Crippen LogP contribution in [0.4, 0.5) is 4.79 Å². The van der Waals surface area contributed by atoms with Gasteiger partial charge < -0.3 is 14.2 Å². The standard InChI is InChI=1S/C3H7O5P/c1-2-7-3(4)8-9(5)6/h9H,2H2,1H3,(H,5,6). The lowest BCUT2D eigenvalue weighted by Gasteiger charge is -1.97. The van der Waals surface area contributed by atoms with Gasteiger partial charge in [-0.3, -0.25) is 0 Å². The fourth-order valence-corrected chi connectivity index (χ4v) is 0.420. The summed E-state index contributed by atoms with van der Waals surface area (Å²) >= 11 is 0. The second-order valence-electron chi connectivity index (χ2n) is 1.05. The fraction of sp³-hybridized carbons (Fsp3) is 0.667. The zero-order valence-corrected chi connectivity index (χ0v) is 5.79. The molecule has 0 aromatic heterocycles. The summed E-state index contributed by atoms with van der Waals surface area (Å²) in [5.74, 6) is 0. The predicted molar refractivity (Wildman–Crippen MR) is 29.3 cm³/mol. The molecule has 6 heteroatoms. The van der Waals surface area contributed by atoms with Crippen LogP contribution in [0.15, 0.2) is 0 Å². The van der Waals surface area contributed by atoms with E-state index in [2.05, 4.69) is 9.26 Å². The molecule has 0 aliphatic heterocycles. The van der Waals surface area contributed by atoms with E-state index in [9.17, 15) is 9.36 Å². The summed E-state index contributed by atoms with van der Waals surface area (Å²) in [6.45, 7) is 1.70. The number of rotatable bonds is 2. The number of hydrogen-bond acceptors (Lipinski definition) is 4. The Morgan fingerprint density at radius 2 is 2.33 bits per heavy atom. The average Bonchev–Trinajstić information content (AvgIpc) is 1.63. The molecule has 5 nitrogen and oxygen atoms in total. The highest BCUT2D eigenvalue weighted by Crippen LogP contribution is 2.14. The lowest BCUT2D eigenvalue weighted by atomic mass is 10.9. The molecule has 0 heterocycles. The van der Waals surface area contributed by atoms with Gasteiger partial charge in [0.25, 0.3) is 0 Å². The summed E-state index contributed by atoms with van der Waals surface area (Å²) in [6.07, 6.45) is -1.11. The molecule has 0 aliphatic carbocycles. The Bertz CT molecular complexity index is 121. The third-order valence-electron chi connectivity index (χ3n) is 0.433. The first kappa shape index (κ1) is 8.46. The van der Waals surface area contributed by atoms with Crippen LogP contribution >= 0.6 is 8.25 Å². The molecular weight excluding hydrogens is 147 g/mol. The molecule has 54 valence electrons. The minimum absolute atomic E-state index is 0.133. The van der Waals surface area contributed by atoms with Gasteiger partial charge in [0.15, 0.2) is 0 Å². The van der Waals surface area contributed by atoms with Crippen molar-refractivity contribution in [3.8, 4) is 0 Å². The zero-order chi connectivity index (χ0) is 7.28. The molecule has 0 aliphatic rings. The molecule has 0 rings (SSSR count). The number of carbonyl (C=O) groups excluding carboxylic acids is 1. The minimum Gasteiger partial charge on any atom is -0.434 e. The molecule has 0 fully saturated rings. The van der Waals surface area contributed by atoms with E-state index >= 15 is 0 Å². The molecule has 0 spiro atoms. The van der Waals surface area contributed by atoms with Gasteiger partial charge >= 0.3 is 14.4 Å². The molecule has 0 amide bonds. The fourth-order valence-electron chi connectivity index (χ4n) is 0.219. The molecule has 9 heavy (non-hydrogen) atoms. The van der Waals surface area contributed by atoms with Crippen LogP contribution in [0, 0.1) is 0 Å². The predicted octanol–water partition coefficient (Wildman–Crippen LogP) is 0.541. The van der Waals surface area contributed by atoms with Gasteiger partial charge in [-0.25, -0.2) is 9.36 Å². The van der Waals surface area contributed by atoms with Crippen molar-refractivity contribution in [1.29, 1.82) is 0 Å². The van der Waals surface area contributed by atoms with E-state index in [1.54, 1.807) is 6.92 Å². The van der Waals surface area contributed by atoms with Crippen LogP contribution in [0.3, 0.4) is 0 Å². The second-order valence-corrected chi connectivity index (χ2v) is 1.79. The van der Waals surface area contributed by atoms with Crippen LogP contribution < -0.4 is 0 Å². The van der Waals surface area contributed by atoms with Crippen LogP contribution in [0.2, 0.25) is 0 Å². The summed E-state index contributed by atoms with van der Waals surface area (Å²) in [6, 6.07) is 0. The number of ether oxygens (including phenoxy) is 1. The summed E-state index contributed by atoms with van der Waals surface area (Å²) in [7, 11) is -3.18. The van der Waals surface area contributed by atoms with Crippen molar-refractivity contribution in [3.05, 3.63) is 0 Å². The second kappa shape index (κ2) is 4.35. The third-order valence-corrected chi connectivity index (χ3v) is 0.774. The van der Waals surface area contributed by atoms with E-state index in [0.29, 0.717) is 0 Å². The van der Waals surface area contributed by atoms with Gasteiger partial charge in [-0.05, 0) is 6.92 Å². The molecule has 0 aromatic carbocycles. The Hall–Kier alpha value is -0.540. The summed E-state index contributed by atoms with van der Waals surface area (Å²) in [4.78, 5) is 18.0. The van der Waals surface area contributed by atoms with E-state index in [-0.39, 0.29) is 6.61 Å². The van der Waals surface area contributed by atoms with Crippen molar-refractivity contribution in [2.75, 3.05) is 6.61 Å². The van der Waals surface area contributed by atoms with Crippen molar-refractivity contribution in [1.82, 2.24) is 0 Å².